The van der Waals surface area contributed by atoms with Crippen molar-refractivity contribution in [2.24, 2.45) is 0 Å². The lowest BCUT2D eigenvalue weighted by atomic mass is 10.1. The monoisotopic (exact) mass is 402 g/mol. The molecular formula is C19H12F6O3. The molecule has 0 bridgehead atoms. The summed E-state index contributed by atoms with van der Waals surface area (Å²) in [6.45, 7) is 0. The summed E-state index contributed by atoms with van der Waals surface area (Å²) < 4.78 is 76.3. The average molecular weight is 402 g/mol. The van der Waals surface area contributed by atoms with E-state index in [1.807, 2.05) is 0 Å². The molecule has 0 atom stereocenters. The number of carbonyl (C=O) groups excluding carboxylic acids is 1. The Bertz CT molecular complexity index is 864. The Morgan fingerprint density at radius 1 is 0.714 bits per heavy atom. The smallest absolute Gasteiger partial charge is 0.419 e. The van der Waals surface area contributed by atoms with Crippen molar-refractivity contribution in [1.29, 1.82) is 0 Å². The number of phenols is 2. The molecule has 2 N–H and O–H groups in total. The normalized spacial score (nSPS) is 12.8. The zero-order valence-electron chi connectivity index (χ0n) is 13.8. The van der Waals surface area contributed by atoms with Crippen LogP contribution >= 0.6 is 0 Å². The van der Waals surface area contributed by atoms with Crippen LogP contribution in [-0.4, -0.2) is 16.0 Å². The van der Waals surface area contributed by atoms with Gasteiger partial charge in [0.2, 0.25) is 0 Å². The number of hydrogen-bond acceptors (Lipinski definition) is 3. The first-order chi connectivity index (χ1) is 12.9. The van der Waals surface area contributed by atoms with Gasteiger partial charge >= 0.3 is 12.4 Å². The van der Waals surface area contributed by atoms with Crippen molar-refractivity contribution in [2.45, 2.75) is 12.4 Å². The number of alkyl halides is 6. The first-order valence-electron chi connectivity index (χ1n) is 7.58. The summed E-state index contributed by atoms with van der Waals surface area (Å²) in [5.74, 6) is -2.60. The zero-order chi connectivity index (χ0) is 21.1. The van der Waals surface area contributed by atoms with Crippen molar-refractivity contribution in [3.8, 4) is 11.5 Å². The van der Waals surface area contributed by atoms with E-state index in [9.17, 15) is 41.4 Å². The Balaban J connectivity index is 2.17. The lowest BCUT2D eigenvalue weighted by molar-refractivity contribution is -0.139. The van der Waals surface area contributed by atoms with E-state index < -0.39 is 40.8 Å². The number of ketones is 1. The van der Waals surface area contributed by atoms with Gasteiger partial charge in [-0.2, -0.15) is 26.3 Å². The van der Waals surface area contributed by atoms with Crippen molar-refractivity contribution >= 4 is 17.9 Å². The first kappa shape index (κ1) is 21.1. The fraction of sp³-hybridized carbons (Fsp3) is 0.105. The lowest BCUT2D eigenvalue weighted by Crippen LogP contribution is -2.05. The average Bonchev–Trinajstić information content (AvgIpc) is 2.58. The molecule has 0 aromatic heterocycles. The fourth-order valence-corrected chi connectivity index (χ4v) is 2.18. The van der Waals surface area contributed by atoms with E-state index in [1.165, 1.54) is 0 Å². The zero-order valence-corrected chi connectivity index (χ0v) is 13.8. The standard InChI is InChI=1S/C19H12F6O3/c20-18(21,22)14-9-11(3-7-16(14)27)1-5-13(26)6-2-12-4-8-17(28)15(10-12)19(23,24)25/h1-10,27-28H/b5-1+,6-2+. The molecule has 2 aromatic rings. The number of allylic oxidation sites excluding steroid dienone is 2. The quantitative estimate of drug-likeness (QED) is 0.530. The van der Waals surface area contributed by atoms with Gasteiger partial charge in [-0.25, -0.2) is 0 Å². The summed E-state index contributed by atoms with van der Waals surface area (Å²) in [5, 5.41) is 18.5. The van der Waals surface area contributed by atoms with E-state index in [0.717, 1.165) is 48.6 Å². The number of halogens is 6. The van der Waals surface area contributed by atoms with Crippen LogP contribution in [0.2, 0.25) is 0 Å². The van der Waals surface area contributed by atoms with E-state index in [-0.39, 0.29) is 11.1 Å². The molecule has 2 rings (SSSR count). The molecule has 0 saturated carbocycles. The summed E-state index contributed by atoms with van der Waals surface area (Å²) >= 11 is 0. The van der Waals surface area contributed by atoms with Gasteiger partial charge in [0.1, 0.15) is 11.5 Å². The molecule has 0 aliphatic carbocycles. The van der Waals surface area contributed by atoms with Crippen LogP contribution in [0.25, 0.3) is 12.2 Å². The van der Waals surface area contributed by atoms with Crippen LogP contribution < -0.4 is 0 Å². The summed E-state index contributed by atoms with van der Waals surface area (Å²) in [7, 11) is 0. The number of hydrogen-bond donors (Lipinski definition) is 2. The second kappa shape index (κ2) is 7.79. The van der Waals surface area contributed by atoms with Gasteiger partial charge < -0.3 is 10.2 Å². The fourth-order valence-electron chi connectivity index (χ4n) is 2.18. The number of rotatable bonds is 4. The Kier molecular flexibility index (Phi) is 5.86. The predicted molar refractivity (Wildman–Crippen MR) is 89.3 cm³/mol. The molecule has 0 aliphatic rings. The summed E-state index contributed by atoms with van der Waals surface area (Å²) in [6, 6.07) is 5.29. The first-order valence-corrected chi connectivity index (χ1v) is 7.58. The third-order valence-electron chi connectivity index (χ3n) is 3.53. The van der Waals surface area contributed by atoms with Crippen LogP contribution in [0.15, 0.2) is 48.6 Å². The highest BCUT2D eigenvalue weighted by Crippen LogP contribution is 2.37. The molecular weight excluding hydrogens is 390 g/mol. The third-order valence-corrected chi connectivity index (χ3v) is 3.53. The molecule has 0 heterocycles. The van der Waals surface area contributed by atoms with Gasteiger partial charge in [0.25, 0.3) is 0 Å². The van der Waals surface area contributed by atoms with Gasteiger partial charge in [0.05, 0.1) is 11.1 Å². The van der Waals surface area contributed by atoms with Crippen LogP contribution in [0.5, 0.6) is 11.5 Å². The van der Waals surface area contributed by atoms with E-state index in [1.54, 1.807) is 0 Å². The van der Waals surface area contributed by atoms with Crippen LogP contribution in [0.4, 0.5) is 26.3 Å². The maximum Gasteiger partial charge on any atom is 0.419 e. The minimum Gasteiger partial charge on any atom is -0.507 e. The second-order valence-corrected chi connectivity index (χ2v) is 5.62. The lowest BCUT2D eigenvalue weighted by Gasteiger charge is -2.09. The van der Waals surface area contributed by atoms with Gasteiger partial charge in [-0.05, 0) is 47.5 Å². The van der Waals surface area contributed by atoms with Gasteiger partial charge in [-0.15, -0.1) is 0 Å². The second-order valence-electron chi connectivity index (χ2n) is 5.62. The summed E-state index contributed by atoms with van der Waals surface area (Å²) in [5.41, 5.74) is -2.53. The van der Waals surface area contributed by atoms with Crippen LogP contribution in [0.1, 0.15) is 22.3 Å². The van der Waals surface area contributed by atoms with Crippen LogP contribution in [0, 0.1) is 0 Å². The molecule has 3 nitrogen and oxygen atoms in total. The highest BCUT2D eigenvalue weighted by atomic mass is 19.4. The van der Waals surface area contributed by atoms with Crippen molar-refractivity contribution in [3.05, 3.63) is 70.8 Å². The predicted octanol–water partition coefficient (Wildman–Crippen LogP) is 5.43. The molecule has 0 aliphatic heterocycles. The van der Waals surface area contributed by atoms with Gasteiger partial charge in [-0.3, -0.25) is 4.79 Å². The van der Waals surface area contributed by atoms with E-state index in [0.29, 0.717) is 12.1 Å². The van der Waals surface area contributed by atoms with Crippen molar-refractivity contribution in [3.63, 3.8) is 0 Å². The molecule has 28 heavy (non-hydrogen) atoms. The van der Waals surface area contributed by atoms with E-state index in [2.05, 4.69) is 0 Å². The largest absolute Gasteiger partial charge is 0.507 e. The Labute approximate surface area is 154 Å². The minimum absolute atomic E-state index is 0.00383. The van der Waals surface area contributed by atoms with Crippen LogP contribution in [0.3, 0.4) is 0 Å². The number of benzene rings is 2. The Hall–Kier alpha value is -3.23. The minimum atomic E-state index is -4.77. The molecule has 0 spiro atoms. The highest BCUT2D eigenvalue weighted by Gasteiger charge is 2.34. The third kappa shape index (κ3) is 5.38. The molecule has 0 amide bonds. The number of carbonyl (C=O) groups is 1. The summed E-state index contributed by atoms with van der Waals surface area (Å²) in [4.78, 5) is 11.8. The van der Waals surface area contributed by atoms with Crippen LogP contribution in [-0.2, 0) is 17.1 Å². The van der Waals surface area contributed by atoms with Crippen molar-refractivity contribution in [2.75, 3.05) is 0 Å². The molecule has 2 aromatic carbocycles. The molecule has 0 fully saturated rings. The maximum atomic E-state index is 12.7. The SMILES string of the molecule is O=C(/C=C/c1ccc(O)c(C(F)(F)F)c1)/C=C/c1ccc(O)c(C(F)(F)F)c1. The molecule has 0 saturated heterocycles. The van der Waals surface area contributed by atoms with Crippen molar-refractivity contribution < 1.29 is 41.4 Å². The highest BCUT2D eigenvalue weighted by molar-refractivity contribution is 6.04. The molecule has 9 heteroatoms. The number of aromatic hydroxyl groups is 2. The van der Waals surface area contributed by atoms with E-state index in [4.69, 9.17) is 0 Å². The van der Waals surface area contributed by atoms with E-state index >= 15 is 0 Å². The number of phenolic OH excluding ortho intramolecular Hbond substituents is 2. The van der Waals surface area contributed by atoms with Gasteiger partial charge in [-0.1, -0.05) is 24.3 Å². The Morgan fingerprint density at radius 2 is 1.07 bits per heavy atom. The molecule has 0 radical (unpaired) electrons. The van der Waals surface area contributed by atoms with Gasteiger partial charge in [0, 0.05) is 0 Å². The molecule has 148 valence electrons. The van der Waals surface area contributed by atoms with Gasteiger partial charge in [0.15, 0.2) is 5.78 Å². The summed E-state index contributed by atoms with van der Waals surface area (Å²) in [6.07, 6.45) is -5.55. The maximum absolute atomic E-state index is 12.7. The Morgan fingerprint density at radius 3 is 1.39 bits per heavy atom. The topological polar surface area (TPSA) is 57.5 Å². The van der Waals surface area contributed by atoms with Crippen molar-refractivity contribution in [1.82, 2.24) is 0 Å². The molecule has 0 unspecified atom stereocenters.